The van der Waals surface area contributed by atoms with E-state index >= 15 is 0 Å². The number of likely N-dealkylation sites (N-methyl/N-ethyl adjacent to an activating group) is 1. The third kappa shape index (κ3) is 12.7. The van der Waals surface area contributed by atoms with E-state index in [-0.39, 0.29) is 11.3 Å². The normalized spacial score (nSPS) is 21.4. The van der Waals surface area contributed by atoms with Crippen LogP contribution < -0.4 is 10.6 Å². The highest BCUT2D eigenvalue weighted by Crippen LogP contribution is 2.52. The summed E-state index contributed by atoms with van der Waals surface area (Å²) in [5.74, 6) is 2.74. The molecule has 1 aromatic heterocycles. The number of aliphatic imine (C=N–C) groups is 3. The Labute approximate surface area is 421 Å². The first-order valence-electron chi connectivity index (χ1n) is 25.6. The van der Waals surface area contributed by atoms with Crippen LogP contribution in [0, 0.1) is 5.92 Å². The summed E-state index contributed by atoms with van der Waals surface area (Å²) in [5, 5.41) is 7.72. The minimum absolute atomic E-state index is 0.167. The zero-order chi connectivity index (χ0) is 51.2. The van der Waals surface area contributed by atoms with Gasteiger partial charge in [-0.25, -0.2) is 9.98 Å². The van der Waals surface area contributed by atoms with Crippen LogP contribution in [0.1, 0.15) is 136 Å². The summed E-state index contributed by atoms with van der Waals surface area (Å²) in [7, 11) is 8.04. The molecule has 2 fully saturated rings. The molecule has 3 heterocycles. The van der Waals surface area contributed by atoms with Crippen LogP contribution in [-0.4, -0.2) is 90.1 Å². The summed E-state index contributed by atoms with van der Waals surface area (Å²) in [6, 6.07) is 22.5. The Kier molecular flexibility index (Phi) is 19.5. The second-order valence-corrected chi connectivity index (χ2v) is 19.6. The second-order valence-electron chi connectivity index (χ2n) is 19.6. The topological polar surface area (TPSA) is 97.6 Å². The lowest BCUT2D eigenvalue weighted by molar-refractivity contribution is -0.115. The van der Waals surface area contributed by atoms with E-state index in [1.165, 1.54) is 39.5 Å². The standard InChI is InChI=1S/C56H70N8.C3H6O.C2H6/c1-12-39-25-27-48(28-26-39)61-54-50(40(13-2)34-57-8)29-30-52(62-54)45-22-17-21-44(32-45)51-37-64(11)55(6,7)56(51)33-46(35-58-56)49(15-4)53(60-47-23-18-24-47)59-38(5)42-19-16-20-43(31-42)41(14-3)36-63(9)10;1-3(2)4;1-2/h13-17,19-22,29-37,39,47-48,60H,3-4,12,18,23-28H2,1-2,5-11H3,(H,61,62);1-2H3;1-2H3/b40-13+,41-36+,53-49-,57-34?,59-38+;;. The molecule has 3 aromatic rings. The van der Waals surface area contributed by atoms with Gasteiger partial charge in [0.05, 0.1) is 11.2 Å². The highest BCUT2D eigenvalue weighted by molar-refractivity contribution is 6.11. The molecule has 0 amide bonds. The minimum atomic E-state index is -0.667. The fraction of sp³-hybridized carbons (Fsp3) is 0.426. The van der Waals surface area contributed by atoms with E-state index in [0.717, 1.165) is 110 Å². The van der Waals surface area contributed by atoms with Gasteiger partial charge in [-0.05, 0) is 151 Å². The monoisotopic (exact) mass is 943 g/mol. The largest absolute Gasteiger partial charge is 0.383 e. The average Bonchev–Trinajstić information content (AvgIpc) is 3.87. The van der Waals surface area contributed by atoms with E-state index in [0.29, 0.717) is 12.1 Å². The molecule has 1 atom stereocenters. The molecule has 4 aliphatic rings. The Morgan fingerprint density at radius 2 is 1.57 bits per heavy atom. The van der Waals surface area contributed by atoms with Crippen LogP contribution in [0.15, 0.2) is 142 Å². The van der Waals surface area contributed by atoms with E-state index in [9.17, 15) is 4.79 Å². The van der Waals surface area contributed by atoms with Gasteiger partial charge in [-0.15, -0.1) is 0 Å². The van der Waals surface area contributed by atoms with Gasteiger partial charge >= 0.3 is 0 Å². The van der Waals surface area contributed by atoms with Crippen LogP contribution in [0.25, 0.3) is 28.0 Å². The Bertz CT molecular complexity index is 2580. The molecule has 1 unspecified atom stereocenters. The van der Waals surface area contributed by atoms with Crippen molar-refractivity contribution in [3.8, 4) is 11.3 Å². The van der Waals surface area contributed by atoms with Crippen molar-refractivity contribution in [3.63, 3.8) is 0 Å². The molecular weight excluding hydrogens is 861 g/mol. The second kappa shape index (κ2) is 25.0. The van der Waals surface area contributed by atoms with Gasteiger partial charge in [0.2, 0.25) is 0 Å². The molecule has 2 aliphatic heterocycles. The molecule has 70 heavy (non-hydrogen) atoms. The molecule has 9 nitrogen and oxygen atoms in total. The lowest BCUT2D eigenvalue weighted by Crippen LogP contribution is -2.51. The maximum atomic E-state index is 9.44. The fourth-order valence-electron chi connectivity index (χ4n) is 9.55. The number of anilines is 1. The zero-order valence-electron chi connectivity index (χ0n) is 44.8. The van der Waals surface area contributed by atoms with Crippen molar-refractivity contribution >= 4 is 46.5 Å². The van der Waals surface area contributed by atoms with E-state index in [1.54, 1.807) is 0 Å². The van der Waals surface area contributed by atoms with Crippen LogP contribution in [-0.2, 0) is 4.79 Å². The number of Topliss-reactive ketones (excluding diaryl/α,β-unsaturated/α-hetero) is 1. The number of benzene rings is 2. The van der Waals surface area contributed by atoms with Gasteiger partial charge in [-0.1, -0.05) is 95.0 Å². The first-order chi connectivity index (χ1) is 33.6. The lowest BCUT2D eigenvalue weighted by Gasteiger charge is -2.41. The number of carbonyl (C=O) groups is 1. The summed E-state index contributed by atoms with van der Waals surface area (Å²) in [4.78, 5) is 34.4. The van der Waals surface area contributed by atoms with Crippen LogP contribution in [0.3, 0.4) is 0 Å². The molecule has 372 valence electrons. The minimum Gasteiger partial charge on any atom is -0.383 e. The van der Waals surface area contributed by atoms with Crippen LogP contribution in [0.2, 0.25) is 0 Å². The zero-order valence-corrected chi connectivity index (χ0v) is 44.8. The number of aromatic nitrogens is 1. The number of allylic oxidation sites excluding steroid dienone is 7. The maximum absolute atomic E-state index is 9.44. The third-order valence-electron chi connectivity index (χ3n) is 14.1. The van der Waals surface area contributed by atoms with Crippen molar-refractivity contribution in [2.75, 3.05) is 33.5 Å². The van der Waals surface area contributed by atoms with E-state index < -0.39 is 5.54 Å². The highest BCUT2D eigenvalue weighted by Gasteiger charge is 2.54. The van der Waals surface area contributed by atoms with E-state index in [1.807, 2.05) is 64.5 Å². The summed E-state index contributed by atoms with van der Waals surface area (Å²) in [6.07, 6.45) is 26.2. The van der Waals surface area contributed by atoms with Gasteiger partial charge in [-0.3, -0.25) is 9.98 Å². The Balaban J connectivity index is 0.00000145. The molecular formula is C61H82N8O. The number of hydrogen-bond acceptors (Lipinski definition) is 9. The van der Waals surface area contributed by atoms with Gasteiger partial charge in [-0.2, -0.15) is 0 Å². The quantitative estimate of drug-likeness (QED) is 0.110. The molecule has 1 spiro atoms. The molecule has 2 aliphatic carbocycles. The Morgan fingerprint density at radius 3 is 2.17 bits per heavy atom. The molecule has 0 saturated heterocycles. The highest BCUT2D eigenvalue weighted by atomic mass is 16.1. The molecule has 2 aromatic carbocycles. The first-order valence-corrected chi connectivity index (χ1v) is 25.6. The van der Waals surface area contributed by atoms with Crippen LogP contribution >= 0.6 is 0 Å². The number of rotatable bonds is 16. The Hall–Kier alpha value is -6.35. The number of ketones is 1. The van der Waals surface area contributed by atoms with Crippen molar-refractivity contribution in [2.45, 2.75) is 137 Å². The van der Waals surface area contributed by atoms with E-state index in [2.05, 4.69) is 161 Å². The van der Waals surface area contributed by atoms with Crippen LogP contribution in [0.4, 0.5) is 5.82 Å². The molecule has 7 rings (SSSR count). The Morgan fingerprint density at radius 1 is 0.900 bits per heavy atom. The summed E-state index contributed by atoms with van der Waals surface area (Å²) in [6.45, 7) is 26.5. The van der Waals surface area contributed by atoms with Crippen molar-refractivity contribution < 1.29 is 4.79 Å². The number of pyridine rings is 1. The maximum Gasteiger partial charge on any atom is 0.134 e. The number of carbonyl (C=O) groups excluding carboxylic acids is 1. The van der Waals surface area contributed by atoms with Crippen molar-refractivity contribution in [1.29, 1.82) is 0 Å². The number of nitrogens with zero attached hydrogens (tertiary/aromatic N) is 6. The average molecular weight is 943 g/mol. The number of hydrogen-bond donors (Lipinski definition) is 2. The van der Waals surface area contributed by atoms with Gasteiger partial charge in [0, 0.05) is 98.7 Å². The molecule has 0 radical (unpaired) electrons. The summed E-state index contributed by atoms with van der Waals surface area (Å²) >= 11 is 0. The predicted molar refractivity (Wildman–Crippen MR) is 303 cm³/mol. The van der Waals surface area contributed by atoms with Crippen molar-refractivity contribution in [2.24, 2.45) is 20.9 Å². The molecule has 2 saturated carbocycles. The fourth-order valence-corrected chi connectivity index (χ4v) is 9.55. The summed E-state index contributed by atoms with van der Waals surface area (Å²) < 4.78 is 0. The van der Waals surface area contributed by atoms with Crippen LogP contribution in [0.5, 0.6) is 0 Å². The van der Waals surface area contributed by atoms with Crippen molar-refractivity contribution in [1.82, 2.24) is 20.1 Å². The number of nitrogens with one attached hydrogen (secondary N) is 2. The summed E-state index contributed by atoms with van der Waals surface area (Å²) in [5.41, 5.74) is 11.4. The predicted octanol–water partition coefficient (Wildman–Crippen LogP) is 13.8. The first kappa shape index (κ1) is 54.6. The lowest BCUT2D eigenvalue weighted by atomic mass is 9.74. The smallest absolute Gasteiger partial charge is 0.134 e. The van der Waals surface area contributed by atoms with E-state index in [4.69, 9.17) is 15.0 Å². The molecule has 9 heteroatoms. The van der Waals surface area contributed by atoms with Crippen molar-refractivity contribution in [3.05, 3.63) is 150 Å². The van der Waals surface area contributed by atoms with Gasteiger partial charge in [0.15, 0.2) is 0 Å². The molecule has 2 N–H and O–H groups in total. The van der Waals surface area contributed by atoms with Gasteiger partial charge in [0.1, 0.15) is 23.0 Å². The van der Waals surface area contributed by atoms with Gasteiger partial charge in [0.25, 0.3) is 0 Å². The van der Waals surface area contributed by atoms with Gasteiger partial charge < -0.3 is 25.2 Å². The third-order valence-corrected chi connectivity index (χ3v) is 14.1. The molecule has 0 bridgehead atoms. The SMILES string of the molecule is C=C/C(=C\N(C)C)c1cccc(/C(C)=N/C(NC2CCC2)=C(\C=C)C2=CC3(N=C2)C(c2cccc(-c4ccc(/C(C=NC)=C/C)c(NC5CCC(CC)CC5)n4)c2)=CN(C)C3(C)C)c1.CC.CC(C)=O.